The molecule has 1 aliphatic rings. The second kappa shape index (κ2) is 24.0. The Labute approximate surface area is 320 Å². The number of carbonyl (C=O) groups excluding carboxylic acids is 1. The first-order valence-electron chi connectivity index (χ1n) is 20.4. The molecule has 0 radical (unpaired) electrons. The van der Waals surface area contributed by atoms with Crippen molar-refractivity contribution in [3.8, 4) is 11.1 Å². The number of ether oxygens (including phenoxy) is 3. The third-order valence-electron chi connectivity index (χ3n) is 10.4. The zero-order valence-electron chi connectivity index (χ0n) is 32.8. The molecule has 4 rings (SSSR count). The van der Waals surface area contributed by atoms with E-state index in [4.69, 9.17) is 14.2 Å². The number of alkyl carbamates (subject to hydrolysis) is 1. The molecule has 0 unspecified atom stereocenters. The van der Waals surface area contributed by atoms with Gasteiger partial charge in [0.05, 0.1) is 18.8 Å². The largest absolute Gasteiger partial charge is 0.445 e. The zero-order valence-corrected chi connectivity index (χ0v) is 32.8. The predicted octanol–water partition coefficient (Wildman–Crippen LogP) is 11.1. The molecule has 1 fully saturated rings. The van der Waals surface area contributed by atoms with Crippen molar-refractivity contribution in [1.29, 1.82) is 0 Å². The number of rotatable bonds is 24. The highest BCUT2D eigenvalue weighted by molar-refractivity contribution is 5.68. The summed E-state index contributed by atoms with van der Waals surface area (Å²) in [7, 11) is 0. The first kappa shape index (κ1) is 42.3. The number of benzene rings is 3. The van der Waals surface area contributed by atoms with Crippen LogP contribution < -0.4 is 5.32 Å². The average Bonchev–Trinajstić information content (AvgIpc) is 3.19. The van der Waals surface area contributed by atoms with Gasteiger partial charge in [-0.3, -0.25) is 0 Å². The van der Waals surface area contributed by atoms with Gasteiger partial charge in [0, 0.05) is 24.6 Å². The summed E-state index contributed by atoms with van der Waals surface area (Å²) in [5, 5.41) is 12.5. The van der Waals surface area contributed by atoms with E-state index >= 15 is 0 Å². The van der Waals surface area contributed by atoms with Crippen molar-refractivity contribution in [2.24, 2.45) is 5.92 Å². The van der Waals surface area contributed by atoms with Gasteiger partial charge >= 0.3 is 6.09 Å². The number of nitrogens with one attached hydrogen (secondary N) is 1. The van der Waals surface area contributed by atoms with Crippen molar-refractivity contribution in [2.75, 3.05) is 26.2 Å². The van der Waals surface area contributed by atoms with Crippen LogP contribution >= 0.6 is 0 Å². The molecule has 2 N–H and O–H groups in total. The average molecular weight is 727 g/mol. The lowest BCUT2D eigenvalue weighted by atomic mass is 9.89. The van der Waals surface area contributed by atoms with Gasteiger partial charge in [0.15, 0.2) is 6.29 Å². The van der Waals surface area contributed by atoms with E-state index in [-0.39, 0.29) is 31.3 Å². The lowest BCUT2D eigenvalue weighted by Gasteiger charge is -2.43. The van der Waals surface area contributed by atoms with E-state index in [0.29, 0.717) is 6.54 Å². The van der Waals surface area contributed by atoms with E-state index in [0.717, 1.165) is 53.0 Å². The second-order valence-electron chi connectivity index (χ2n) is 14.7. The monoisotopic (exact) mass is 726 g/mol. The Kier molecular flexibility index (Phi) is 19.2. The number of unbranched alkanes of at least 4 members (excludes halogenated alkanes) is 10. The van der Waals surface area contributed by atoms with E-state index in [9.17, 15) is 9.90 Å². The molecule has 53 heavy (non-hydrogen) atoms. The maximum absolute atomic E-state index is 12.0. The van der Waals surface area contributed by atoms with Gasteiger partial charge in [0.2, 0.25) is 0 Å². The number of aliphatic hydroxyl groups excluding tert-OH is 1. The molecule has 0 saturated carbocycles. The summed E-state index contributed by atoms with van der Waals surface area (Å²) in [6.07, 6.45) is 15.9. The standard InChI is InChI=1S/C46H66N2O5/c1-5-8-10-12-14-16-28-48(29-17-15-13-11-9-6-2)34-43-36(4)44(39-26-24-37(35-49)25-27-39)53-45(52-43)42-23-19-22-41(32-42)40-21-18-20-38(31-40)33-47-46(50)51-30-7-3/h7,18-27,31-32,36,43-45,49H,3,5-6,8-17,28-30,33-35H2,1-2,4H3,(H,47,50)/t36-,43+,44+,45+/m0/s1. The zero-order chi connectivity index (χ0) is 37.7. The van der Waals surface area contributed by atoms with Crippen molar-refractivity contribution >= 4 is 6.09 Å². The number of carbonyl (C=O) groups is 1. The minimum absolute atomic E-state index is 0.0182. The van der Waals surface area contributed by atoms with Crippen LogP contribution in [0.1, 0.15) is 132 Å². The molecule has 7 nitrogen and oxygen atoms in total. The van der Waals surface area contributed by atoms with E-state index in [2.05, 4.69) is 86.1 Å². The van der Waals surface area contributed by atoms with Crippen LogP contribution in [0, 0.1) is 5.92 Å². The SMILES string of the molecule is C=CCOC(=O)NCc1cccc(-c2cccc([C@@H]3O[C@H](CN(CCCCCCCC)CCCCCCCC)[C@H](C)[C@H](c4ccc(CO)cc4)O3)c2)c1. The number of nitrogens with zero attached hydrogens (tertiary/aromatic N) is 1. The van der Waals surface area contributed by atoms with Crippen LogP contribution in [0.15, 0.2) is 85.5 Å². The molecule has 3 aromatic carbocycles. The van der Waals surface area contributed by atoms with Gasteiger partial charge in [-0.1, -0.05) is 158 Å². The van der Waals surface area contributed by atoms with E-state index < -0.39 is 12.4 Å². The molecule has 0 aromatic heterocycles. The van der Waals surface area contributed by atoms with E-state index in [1.165, 1.54) is 77.0 Å². The van der Waals surface area contributed by atoms with Crippen molar-refractivity contribution < 1.29 is 24.1 Å². The molecule has 1 saturated heterocycles. The first-order chi connectivity index (χ1) is 25.9. The Balaban J connectivity index is 1.54. The molecule has 0 bridgehead atoms. The maximum Gasteiger partial charge on any atom is 0.407 e. The summed E-state index contributed by atoms with van der Waals surface area (Å²) in [6.45, 7) is 14.0. The maximum atomic E-state index is 12.0. The fraction of sp³-hybridized carbons (Fsp3) is 0.543. The van der Waals surface area contributed by atoms with Gasteiger partial charge in [-0.15, -0.1) is 0 Å². The molecule has 3 aromatic rings. The highest BCUT2D eigenvalue weighted by Gasteiger charge is 2.39. The van der Waals surface area contributed by atoms with E-state index in [1.807, 2.05) is 24.3 Å². The summed E-state index contributed by atoms with van der Waals surface area (Å²) in [4.78, 5) is 14.7. The van der Waals surface area contributed by atoms with Gasteiger partial charge in [0.25, 0.3) is 0 Å². The van der Waals surface area contributed by atoms with Crippen LogP contribution in [-0.4, -0.2) is 48.4 Å². The second-order valence-corrected chi connectivity index (χ2v) is 14.7. The summed E-state index contributed by atoms with van der Waals surface area (Å²) >= 11 is 0. The minimum atomic E-state index is -0.534. The Morgan fingerprint density at radius 3 is 2.06 bits per heavy atom. The highest BCUT2D eigenvalue weighted by atomic mass is 16.7. The van der Waals surface area contributed by atoms with E-state index in [1.54, 1.807) is 6.08 Å². The topological polar surface area (TPSA) is 80.3 Å². The van der Waals surface area contributed by atoms with Crippen molar-refractivity contribution in [1.82, 2.24) is 10.2 Å². The van der Waals surface area contributed by atoms with Crippen LogP contribution in [0.4, 0.5) is 4.79 Å². The van der Waals surface area contributed by atoms with Crippen LogP contribution in [-0.2, 0) is 27.4 Å². The molecular weight excluding hydrogens is 661 g/mol. The molecule has 1 aliphatic heterocycles. The van der Waals surface area contributed by atoms with Gasteiger partial charge < -0.3 is 29.5 Å². The van der Waals surface area contributed by atoms with Gasteiger partial charge in [-0.2, -0.15) is 0 Å². The Hall–Kier alpha value is -3.49. The molecule has 0 aliphatic carbocycles. The van der Waals surface area contributed by atoms with Crippen molar-refractivity contribution in [3.05, 3.63) is 108 Å². The van der Waals surface area contributed by atoms with Crippen LogP contribution in [0.2, 0.25) is 0 Å². The Bertz CT molecular complexity index is 1460. The number of amides is 1. The summed E-state index contributed by atoms with van der Waals surface area (Å²) in [5.41, 5.74) is 6.05. The fourth-order valence-electron chi connectivity index (χ4n) is 7.19. The van der Waals surface area contributed by atoms with Crippen LogP contribution in [0.3, 0.4) is 0 Å². The summed E-state index contributed by atoms with van der Waals surface area (Å²) in [5.74, 6) is 0.133. The number of hydrogen-bond donors (Lipinski definition) is 2. The minimum Gasteiger partial charge on any atom is -0.445 e. The fourth-order valence-corrected chi connectivity index (χ4v) is 7.19. The summed E-state index contributed by atoms with van der Waals surface area (Å²) in [6, 6.07) is 24.8. The Morgan fingerprint density at radius 2 is 1.42 bits per heavy atom. The van der Waals surface area contributed by atoms with Crippen molar-refractivity contribution in [2.45, 2.75) is 129 Å². The first-order valence-corrected chi connectivity index (χ1v) is 20.4. The van der Waals surface area contributed by atoms with Gasteiger partial charge in [0.1, 0.15) is 6.61 Å². The molecule has 1 amide bonds. The molecule has 1 heterocycles. The number of aliphatic hydroxyl groups is 1. The third-order valence-corrected chi connectivity index (χ3v) is 10.4. The molecular formula is C46H66N2O5. The van der Waals surface area contributed by atoms with Gasteiger partial charge in [-0.25, -0.2) is 4.79 Å². The smallest absolute Gasteiger partial charge is 0.407 e. The summed E-state index contributed by atoms with van der Waals surface area (Å²) < 4.78 is 18.9. The normalized spacial score (nSPS) is 18.6. The molecule has 0 spiro atoms. The Morgan fingerprint density at radius 1 is 0.792 bits per heavy atom. The van der Waals surface area contributed by atoms with Gasteiger partial charge in [-0.05, 0) is 65.9 Å². The lowest BCUT2D eigenvalue weighted by molar-refractivity contribution is -0.276. The predicted molar refractivity (Wildman–Crippen MR) is 216 cm³/mol. The van der Waals surface area contributed by atoms with Crippen LogP contribution in [0.5, 0.6) is 0 Å². The quantitative estimate of drug-likeness (QED) is 0.0707. The van der Waals surface area contributed by atoms with Crippen molar-refractivity contribution in [3.63, 3.8) is 0 Å². The number of hydrogen-bond acceptors (Lipinski definition) is 6. The molecule has 7 heteroatoms. The highest BCUT2D eigenvalue weighted by Crippen LogP contribution is 2.42. The van der Waals surface area contributed by atoms with Crippen LogP contribution in [0.25, 0.3) is 11.1 Å². The third kappa shape index (κ3) is 14.4. The lowest BCUT2D eigenvalue weighted by Crippen LogP contribution is -2.45. The molecule has 290 valence electrons. The molecule has 4 atom stereocenters.